The largest absolute Gasteiger partial charge is 0.325 e. The Morgan fingerprint density at radius 3 is 2.39 bits per heavy atom. The minimum Gasteiger partial charge on any atom is -0.325 e. The summed E-state index contributed by atoms with van der Waals surface area (Å²) in [5, 5.41) is 11.1. The van der Waals surface area contributed by atoms with Crippen LogP contribution in [0.15, 0.2) is 53.7 Å². The Balaban J connectivity index is 1.66. The molecule has 1 aliphatic rings. The van der Waals surface area contributed by atoms with Gasteiger partial charge in [-0.15, -0.1) is 10.2 Å². The first kappa shape index (κ1) is 18.4. The molecule has 1 amide bonds. The van der Waals surface area contributed by atoms with E-state index in [9.17, 15) is 13.6 Å². The number of aromatic nitrogens is 3. The summed E-state index contributed by atoms with van der Waals surface area (Å²) in [7, 11) is 0. The standard InChI is InChI=1S/C19H17F2N5OS/c1-2-15-23-24-19-26(15)25-16(11-3-5-12(20)6-4-11)17(28-19)18(27)22-14-9-7-13(21)8-10-14/h3-10,16-17,25H,2H2,1H3,(H,22,27). The van der Waals surface area contributed by atoms with Gasteiger partial charge < -0.3 is 10.7 Å². The monoisotopic (exact) mass is 401 g/mol. The van der Waals surface area contributed by atoms with Gasteiger partial charge in [-0.05, 0) is 42.0 Å². The maximum atomic E-state index is 13.4. The van der Waals surface area contributed by atoms with Crippen LogP contribution in [0.3, 0.4) is 0 Å². The molecule has 2 atom stereocenters. The summed E-state index contributed by atoms with van der Waals surface area (Å²) >= 11 is 1.28. The highest BCUT2D eigenvalue weighted by Gasteiger charge is 2.37. The second kappa shape index (κ2) is 7.59. The third kappa shape index (κ3) is 3.57. The van der Waals surface area contributed by atoms with Crippen LogP contribution in [-0.4, -0.2) is 26.0 Å². The number of nitrogens with zero attached hydrogens (tertiary/aromatic N) is 3. The Hall–Kier alpha value is -2.94. The lowest BCUT2D eigenvalue weighted by Crippen LogP contribution is -2.41. The van der Waals surface area contributed by atoms with E-state index in [0.717, 1.165) is 11.4 Å². The minimum atomic E-state index is -0.586. The summed E-state index contributed by atoms with van der Waals surface area (Å²) in [6.07, 6.45) is 0.670. The minimum absolute atomic E-state index is 0.272. The molecule has 0 bridgehead atoms. The molecule has 2 heterocycles. The number of hydrogen-bond acceptors (Lipinski definition) is 5. The Morgan fingerprint density at radius 1 is 1.11 bits per heavy atom. The number of thioether (sulfide) groups is 1. The molecule has 0 saturated carbocycles. The van der Waals surface area contributed by atoms with Crippen molar-refractivity contribution in [2.45, 2.75) is 29.8 Å². The highest BCUT2D eigenvalue weighted by molar-refractivity contribution is 8.00. The smallest absolute Gasteiger partial charge is 0.240 e. The summed E-state index contributed by atoms with van der Waals surface area (Å²) in [5.41, 5.74) is 4.54. The lowest BCUT2D eigenvalue weighted by atomic mass is 10.0. The molecule has 2 N–H and O–H groups in total. The van der Waals surface area contributed by atoms with Crippen LogP contribution in [0.4, 0.5) is 14.5 Å². The number of hydrogen-bond donors (Lipinski definition) is 2. The van der Waals surface area contributed by atoms with Crippen molar-refractivity contribution < 1.29 is 13.6 Å². The van der Waals surface area contributed by atoms with E-state index in [1.54, 1.807) is 16.8 Å². The van der Waals surface area contributed by atoms with E-state index in [-0.39, 0.29) is 17.5 Å². The number of anilines is 1. The first-order chi connectivity index (χ1) is 13.5. The van der Waals surface area contributed by atoms with E-state index in [0.29, 0.717) is 17.3 Å². The van der Waals surface area contributed by atoms with E-state index < -0.39 is 11.3 Å². The molecule has 2 unspecified atom stereocenters. The molecule has 1 aromatic heterocycles. The number of benzene rings is 2. The van der Waals surface area contributed by atoms with Gasteiger partial charge in [0.15, 0.2) is 5.82 Å². The van der Waals surface area contributed by atoms with Gasteiger partial charge >= 0.3 is 0 Å². The number of fused-ring (bicyclic) bond motifs is 1. The van der Waals surface area contributed by atoms with Crippen molar-refractivity contribution in [3.63, 3.8) is 0 Å². The number of nitrogens with one attached hydrogen (secondary N) is 2. The van der Waals surface area contributed by atoms with Crippen LogP contribution in [-0.2, 0) is 11.2 Å². The number of rotatable bonds is 4. The first-order valence-electron chi connectivity index (χ1n) is 8.74. The summed E-state index contributed by atoms with van der Waals surface area (Å²) < 4.78 is 28.3. The van der Waals surface area contributed by atoms with Gasteiger partial charge in [-0.2, -0.15) is 0 Å². The maximum absolute atomic E-state index is 13.4. The highest BCUT2D eigenvalue weighted by Crippen LogP contribution is 2.37. The zero-order chi connectivity index (χ0) is 19.7. The summed E-state index contributed by atoms with van der Waals surface area (Å²) in [6, 6.07) is 11.1. The molecule has 0 aliphatic carbocycles. The molecular formula is C19H17F2N5OS. The molecule has 9 heteroatoms. The van der Waals surface area contributed by atoms with Crippen LogP contribution in [0, 0.1) is 11.6 Å². The zero-order valence-electron chi connectivity index (χ0n) is 14.9. The van der Waals surface area contributed by atoms with Gasteiger partial charge in [0.05, 0.1) is 6.04 Å². The fourth-order valence-corrected chi connectivity index (χ4v) is 4.09. The Bertz CT molecular complexity index is 991. The van der Waals surface area contributed by atoms with Crippen molar-refractivity contribution in [3.05, 3.63) is 71.6 Å². The average Bonchev–Trinajstić information content (AvgIpc) is 3.11. The normalized spacial score (nSPS) is 18.2. The molecule has 0 fully saturated rings. The van der Waals surface area contributed by atoms with Gasteiger partial charge in [-0.1, -0.05) is 30.8 Å². The Kier molecular flexibility index (Phi) is 4.99. The van der Waals surface area contributed by atoms with E-state index in [4.69, 9.17) is 0 Å². The molecule has 28 heavy (non-hydrogen) atoms. The Morgan fingerprint density at radius 2 is 1.75 bits per heavy atom. The summed E-state index contributed by atoms with van der Waals surface area (Å²) in [6.45, 7) is 1.96. The molecule has 4 rings (SSSR count). The molecule has 3 aromatic rings. The quantitative estimate of drug-likeness (QED) is 0.700. The van der Waals surface area contributed by atoms with Crippen molar-refractivity contribution >= 4 is 23.4 Å². The number of carbonyl (C=O) groups is 1. The van der Waals surface area contributed by atoms with Crippen molar-refractivity contribution in [1.82, 2.24) is 14.9 Å². The van der Waals surface area contributed by atoms with Crippen LogP contribution >= 0.6 is 11.8 Å². The van der Waals surface area contributed by atoms with Gasteiger partial charge in [0, 0.05) is 12.1 Å². The van der Waals surface area contributed by atoms with Crippen LogP contribution in [0.2, 0.25) is 0 Å². The van der Waals surface area contributed by atoms with E-state index in [1.165, 1.54) is 48.2 Å². The van der Waals surface area contributed by atoms with E-state index in [2.05, 4.69) is 20.9 Å². The summed E-state index contributed by atoms with van der Waals surface area (Å²) in [5.74, 6) is -0.257. The van der Waals surface area contributed by atoms with Gasteiger partial charge in [-0.25, -0.2) is 13.5 Å². The number of aryl methyl sites for hydroxylation is 1. The van der Waals surface area contributed by atoms with E-state index >= 15 is 0 Å². The second-order valence-electron chi connectivity index (χ2n) is 6.28. The number of carbonyl (C=O) groups excluding carboxylic acids is 1. The third-order valence-electron chi connectivity index (χ3n) is 4.42. The van der Waals surface area contributed by atoms with Crippen molar-refractivity contribution in [2.75, 3.05) is 10.7 Å². The number of amides is 1. The number of halogens is 2. The van der Waals surface area contributed by atoms with Crippen molar-refractivity contribution in [2.24, 2.45) is 0 Å². The fraction of sp³-hybridized carbons (Fsp3) is 0.211. The van der Waals surface area contributed by atoms with Crippen molar-refractivity contribution in [3.8, 4) is 0 Å². The van der Waals surface area contributed by atoms with Crippen LogP contribution < -0.4 is 10.7 Å². The van der Waals surface area contributed by atoms with Crippen LogP contribution in [0.1, 0.15) is 24.4 Å². The molecule has 144 valence electrons. The van der Waals surface area contributed by atoms with Gasteiger partial charge in [0.25, 0.3) is 0 Å². The predicted molar refractivity (Wildman–Crippen MR) is 103 cm³/mol. The highest BCUT2D eigenvalue weighted by atomic mass is 32.2. The molecule has 2 aromatic carbocycles. The maximum Gasteiger partial charge on any atom is 0.240 e. The second-order valence-corrected chi connectivity index (χ2v) is 7.39. The lowest BCUT2D eigenvalue weighted by molar-refractivity contribution is -0.116. The first-order valence-corrected chi connectivity index (χ1v) is 9.62. The van der Waals surface area contributed by atoms with Crippen molar-refractivity contribution in [1.29, 1.82) is 0 Å². The average molecular weight is 401 g/mol. The topological polar surface area (TPSA) is 71.8 Å². The van der Waals surface area contributed by atoms with Gasteiger partial charge in [-0.3, -0.25) is 4.79 Å². The van der Waals surface area contributed by atoms with Gasteiger partial charge in [0.2, 0.25) is 11.1 Å². The van der Waals surface area contributed by atoms with Crippen LogP contribution in [0.25, 0.3) is 0 Å². The fourth-order valence-electron chi connectivity index (χ4n) is 2.99. The van der Waals surface area contributed by atoms with Crippen LogP contribution in [0.5, 0.6) is 0 Å². The Labute approximate surface area is 164 Å². The SMILES string of the molecule is CCc1nnc2n1NC(c1ccc(F)cc1)C(C(=O)Nc1ccc(F)cc1)S2. The van der Waals surface area contributed by atoms with Gasteiger partial charge in [0.1, 0.15) is 16.9 Å². The molecule has 6 nitrogen and oxygen atoms in total. The van der Waals surface area contributed by atoms with E-state index in [1.807, 2.05) is 6.92 Å². The molecular weight excluding hydrogens is 384 g/mol. The molecule has 1 aliphatic heterocycles. The summed E-state index contributed by atoms with van der Waals surface area (Å²) in [4.78, 5) is 13.0. The predicted octanol–water partition coefficient (Wildman–Crippen LogP) is 3.52. The molecule has 0 saturated heterocycles. The lowest BCUT2D eigenvalue weighted by Gasteiger charge is -2.33. The zero-order valence-corrected chi connectivity index (χ0v) is 15.7. The molecule has 0 spiro atoms. The third-order valence-corrected chi connectivity index (χ3v) is 5.63. The molecule has 0 radical (unpaired) electrons.